The number of amides is 5. The van der Waals surface area contributed by atoms with Crippen molar-refractivity contribution in [3.8, 4) is 11.1 Å². The highest BCUT2D eigenvalue weighted by Gasteiger charge is 2.42. The van der Waals surface area contributed by atoms with Gasteiger partial charge in [0.05, 0.1) is 0 Å². The first-order chi connectivity index (χ1) is 22.8. The van der Waals surface area contributed by atoms with Crippen LogP contribution < -0.4 is 11.1 Å². The first-order valence-electron chi connectivity index (χ1n) is 16.7. The molecule has 2 aromatic carbocycles. The molecular weight excluding hydrogens is 614 g/mol. The molecule has 5 rings (SSSR count). The molecule has 2 aliphatic heterocycles. The maximum absolute atomic E-state index is 14.0. The van der Waals surface area contributed by atoms with E-state index in [1.54, 1.807) is 32.6 Å². The van der Waals surface area contributed by atoms with Crippen molar-refractivity contribution in [2.45, 2.75) is 83.0 Å². The summed E-state index contributed by atoms with van der Waals surface area (Å²) in [5.41, 5.74) is 9.35. The van der Waals surface area contributed by atoms with Gasteiger partial charge in [0.1, 0.15) is 30.3 Å². The molecular formula is C36H47N5O7. The molecule has 0 aromatic heterocycles. The first-order valence-corrected chi connectivity index (χ1v) is 16.7. The number of piperidine rings is 1. The van der Waals surface area contributed by atoms with Crippen molar-refractivity contribution in [1.82, 2.24) is 20.0 Å². The Kier molecular flexibility index (Phi) is 10.3. The number of nitrogens with one attached hydrogen (secondary N) is 1. The van der Waals surface area contributed by atoms with Crippen molar-refractivity contribution in [3.05, 3.63) is 59.7 Å². The summed E-state index contributed by atoms with van der Waals surface area (Å²) >= 11 is 0. The molecule has 3 N–H and O–H groups in total. The fourth-order valence-electron chi connectivity index (χ4n) is 6.93. The van der Waals surface area contributed by atoms with Crippen LogP contribution in [0.25, 0.3) is 11.1 Å². The minimum Gasteiger partial charge on any atom is -0.448 e. The molecule has 12 heteroatoms. The molecule has 48 heavy (non-hydrogen) atoms. The number of nitrogens with zero attached hydrogens (tertiary/aromatic N) is 3. The minimum absolute atomic E-state index is 0.104. The van der Waals surface area contributed by atoms with Crippen molar-refractivity contribution in [2.75, 3.05) is 33.3 Å². The Bertz CT molecular complexity index is 1500. The lowest BCUT2D eigenvalue weighted by Crippen LogP contribution is -2.59. The van der Waals surface area contributed by atoms with Gasteiger partial charge in [-0.25, -0.2) is 9.59 Å². The fourth-order valence-corrected chi connectivity index (χ4v) is 6.93. The van der Waals surface area contributed by atoms with Crippen molar-refractivity contribution in [1.29, 1.82) is 0 Å². The summed E-state index contributed by atoms with van der Waals surface area (Å²) in [5.74, 6) is -1.97. The van der Waals surface area contributed by atoms with Crippen LogP contribution in [-0.2, 0) is 23.9 Å². The average molecular weight is 662 g/mol. The lowest BCUT2D eigenvalue weighted by molar-refractivity contribution is -0.143. The molecule has 2 aromatic rings. The zero-order valence-electron chi connectivity index (χ0n) is 28.4. The zero-order valence-corrected chi connectivity index (χ0v) is 28.4. The van der Waals surface area contributed by atoms with Crippen LogP contribution in [-0.4, -0.2) is 102 Å². The minimum atomic E-state index is -0.975. The predicted octanol–water partition coefficient (Wildman–Crippen LogP) is 3.86. The second-order valence-electron chi connectivity index (χ2n) is 14.0. The van der Waals surface area contributed by atoms with Crippen LogP contribution in [0, 0.1) is 5.92 Å². The molecule has 2 saturated heterocycles. The number of benzene rings is 2. The van der Waals surface area contributed by atoms with Crippen LogP contribution >= 0.6 is 0 Å². The quantitative estimate of drug-likeness (QED) is 0.436. The monoisotopic (exact) mass is 661 g/mol. The number of carbonyl (C=O) groups excluding carboxylic acids is 5. The molecule has 3 atom stereocenters. The molecule has 0 radical (unpaired) electrons. The first kappa shape index (κ1) is 34.7. The van der Waals surface area contributed by atoms with E-state index in [-0.39, 0.29) is 18.4 Å². The topological polar surface area (TPSA) is 152 Å². The van der Waals surface area contributed by atoms with E-state index in [1.807, 2.05) is 36.4 Å². The Morgan fingerprint density at radius 3 is 2.08 bits per heavy atom. The summed E-state index contributed by atoms with van der Waals surface area (Å²) in [7, 11) is 1.49. The van der Waals surface area contributed by atoms with Gasteiger partial charge < -0.3 is 30.3 Å². The molecule has 5 amide bonds. The number of fused-ring (bicyclic) bond motifs is 3. The van der Waals surface area contributed by atoms with Gasteiger partial charge in [0.15, 0.2) is 0 Å². The van der Waals surface area contributed by atoms with Crippen LogP contribution in [0.5, 0.6) is 0 Å². The molecule has 0 saturated carbocycles. The van der Waals surface area contributed by atoms with Gasteiger partial charge in [0, 0.05) is 32.6 Å². The number of hydrogen-bond acceptors (Lipinski definition) is 7. The molecule has 1 unspecified atom stereocenters. The number of likely N-dealkylation sites (tertiary alicyclic amines) is 2. The van der Waals surface area contributed by atoms with Crippen LogP contribution in [0.4, 0.5) is 9.59 Å². The number of likely N-dealkylation sites (N-methyl/N-ethyl adjacent to an activating group) is 1. The highest BCUT2D eigenvalue weighted by Crippen LogP contribution is 2.44. The molecule has 0 bridgehead atoms. The van der Waals surface area contributed by atoms with E-state index >= 15 is 0 Å². The summed E-state index contributed by atoms with van der Waals surface area (Å²) in [5, 5.41) is 2.90. The van der Waals surface area contributed by atoms with Crippen LogP contribution in [0.1, 0.15) is 70.4 Å². The van der Waals surface area contributed by atoms with Crippen LogP contribution in [0.3, 0.4) is 0 Å². The standard InChI is InChI=1S/C36H47N5O7/c1-22(39(5)34(45)47-21-28-26-13-8-6-11-24(26)25-12-7-9-14-27(25)28)32(43)38-30(33(44)41-18-10-15-29(41)31(37)42)23-16-19-40(20-17-23)35(46)48-36(2,3)4/h6-9,11-14,22-23,28-30H,10,15-21H2,1-5H3,(H2,37,42)(H,38,43)/t22-,29-,30?/m0/s1. The van der Waals surface area contributed by atoms with Gasteiger partial charge in [-0.05, 0) is 81.5 Å². The van der Waals surface area contributed by atoms with Crippen LogP contribution in [0.15, 0.2) is 48.5 Å². The number of nitrogens with two attached hydrogens (primary N) is 1. The van der Waals surface area contributed by atoms with E-state index < -0.39 is 53.6 Å². The highest BCUT2D eigenvalue weighted by molar-refractivity contribution is 5.94. The van der Waals surface area contributed by atoms with E-state index in [9.17, 15) is 24.0 Å². The number of hydrogen-bond donors (Lipinski definition) is 2. The van der Waals surface area contributed by atoms with E-state index in [1.165, 1.54) is 16.8 Å². The van der Waals surface area contributed by atoms with Gasteiger partial charge >= 0.3 is 12.2 Å². The third-order valence-electron chi connectivity index (χ3n) is 9.68. The van der Waals surface area contributed by atoms with Gasteiger partial charge in [-0.15, -0.1) is 0 Å². The highest BCUT2D eigenvalue weighted by atomic mass is 16.6. The third-order valence-corrected chi connectivity index (χ3v) is 9.68. The van der Waals surface area contributed by atoms with E-state index in [4.69, 9.17) is 15.2 Å². The predicted molar refractivity (Wildman–Crippen MR) is 179 cm³/mol. The van der Waals surface area contributed by atoms with E-state index in [0.29, 0.717) is 45.3 Å². The number of carbonyl (C=O) groups is 5. The van der Waals surface area contributed by atoms with Gasteiger partial charge in [-0.3, -0.25) is 19.3 Å². The summed E-state index contributed by atoms with van der Waals surface area (Å²) < 4.78 is 11.3. The number of primary amides is 1. The molecule has 2 heterocycles. The lowest BCUT2D eigenvalue weighted by Gasteiger charge is -2.38. The Morgan fingerprint density at radius 2 is 1.52 bits per heavy atom. The van der Waals surface area contributed by atoms with Crippen LogP contribution in [0.2, 0.25) is 0 Å². The molecule has 1 aliphatic carbocycles. The Labute approximate surface area is 281 Å². The summed E-state index contributed by atoms with van der Waals surface area (Å²) in [6.45, 7) is 8.11. The molecule has 0 spiro atoms. The smallest absolute Gasteiger partial charge is 0.410 e. The molecule has 3 aliphatic rings. The molecule has 2 fully saturated rings. The normalized spacial score (nSPS) is 19.1. The second kappa shape index (κ2) is 14.2. The Balaban J connectivity index is 1.25. The van der Waals surface area contributed by atoms with Crippen molar-refractivity contribution in [3.63, 3.8) is 0 Å². The number of ether oxygens (including phenoxy) is 2. The van der Waals surface area contributed by atoms with Gasteiger partial charge in [0.2, 0.25) is 17.7 Å². The van der Waals surface area contributed by atoms with E-state index in [2.05, 4.69) is 17.4 Å². The van der Waals surface area contributed by atoms with E-state index in [0.717, 1.165) is 22.3 Å². The van der Waals surface area contributed by atoms with Crippen molar-refractivity contribution < 1.29 is 33.4 Å². The lowest BCUT2D eigenvalue weighted by atomic mass is 9.88. The largest absolute Gasteiger partial charge is 0.448 e. The Hall–Kier alpha value is -4.61. The second-order valence-corrected chi connectivity index (χ2v) is 14.0. The molecule has 12 nitrogen and oxygen atoms in total. The van der Waals surface area contributed by atoms with Gasteiger partial charge in [-0.1, -0.05) is 48.5 Å². The van der Waals surface area contributed by atoms with Crippen molar-refractivity contribution >= 4 is 29.9 Å². The Morgan fingerprint density at radius 1 is 0.938 bits per heavy atom. The third kappa shape index (κ3) is 7.42. The average Bonchev–Trinajstić information content (AvgIpc) is 3.68. The molecule has 258 valence electrons. The zero-order chi connectivity index (χ0) is 34.7. The van der Waals surface area contributed by atoms with Crippen molar-refractivity contribution in [2.24, 2.45) is 11.7 Å². The summed E-state index contributed by atoms with van der Waals surface area (Å²) in [6, 6.07) is 13.4. The van der Waals surface area contributed by atoms with Gasteiger partial charge in [-0.2, -0.15) is 0 Å². The maximum atomic E-state index is 14.0. The SMILES string of the molecule is C[C@@H](C(=O)NC(C(=O)N1CCC[C@H]1C(N)=O)C1CCN(C(=O)OC(C)(C)C)CC1)N(C)C(=O)OCC1c2ccccc2-c2ccccc21. The summed E-state index contributed by atoms with van der Waals surface area (Å²) in [4.78, 5) is 70.0. The number of rotatable bonds is 8. The van der Waals surface area contributed by atoms with Gasteiger partial charge in [0.25, 0.3) is 0 Å². The summed E-state index contributed by atoms with van der Waals surface area (Å²) in [6.07, 6.45) is 0.849. The maximum Gasteiger partial charge on any atom is 0.410 e. The fraction of sp³-hybridized carbons (Fsp3) is 0.528.